The summed E-state index contributed by atoms with van der Waals surface area (Å²) in [5.74, 6) is 1.13. The molecule has 1 aliphatic heterocycles. The van der Waals surface area contributed by atoms with Gasteiger partial charge in [0.15, 0.2) is 0 Å². The van der Waals surface area contributed by atoms with Crippen molar-refractivity contribution >= 4 is 11.5 Å². The van der Waals surface area contributed by atoms with Crippen LogP contribution in [0, 0.1) is 13.8 Å². The Balaban J connectivity index is 1.47. The molecule has 0 unspecified atom stereocenters. The third-order valence-electron chi connectivity index (χ3n) is 4.84. The summed E-state index contributed by atoms with van der Waals surface area (Å²) in [7, 11) is 0. The Morgan fingerprint density at radius 2 is 1.84 bits per heavy atom. The van der Waals surface area contributed by atoms with Crippen LogP contribution < -0.4 is 4.90 Å². The first-order valence-electron chi connectivity index (χ1n) is 8.68. The lowest BCUT2D eigenvalue weighted by molar-refractivity contribution is 0.246. The molecule has 0 bridgehead atoms. The number of para-hydroxylation sites is 2. The number of rotatable bonds is 3. The number of aromatic hydroxyl groups is 1. The number of phenolic OH excluding ortho intramolecular Hbond substituents is 1. The number of imidazole rings is 1. The van der Waals surface area contributed by atoms with E-state index in [0.717, 1.165) is 49.9 Å². The van der Waals surface area contributed by atoms with Gasteiger partial charge in [0.2, 0.25) is 5.78 Å². The summed E-state index contributed by atoms with van der Waals surface area (Å²) in [6.07, 6.45) is 1.93. The van der Waals surface area contributed by atoms with E-state index in [4.69, 9.17) is 0 Å². The van der Waals surface area contributed by atoms with Gasteiger partial charge in [-0.15, -0.1) is 0 Å². The number of nitrogens with zero attached hydrogens (tertiary/aromatic N) is 5. The van der Waals surface area contributed by atoms with Crippen molar-refractivity contribution in [3.63, 3.8) is 0 Å². The van der Waals surface area contributed by atoms with Gasteiger partial charge in [-0.1, -0.05) is 12.1 Å². The molecule has 0 aliphatic carbocycles. The zero-order valence-corrected chi connectivity index (χ0v) is 14.7. The quantitative estimate of drug-likeness (QED) is 0.795. The molecule has 1 N–H and O–H groups in total. The first kappa shape index (κ1) is 15.9. The summed E-state index contributed by atoms with van der Waals surface area (Å²) in [5.41, 5.74) is 4.27. The second-order valence-electron chi connectivity index (χ2n) is 6.68. The fourth-order valence-corrected chi connectivity index (χ4v) is 3.62. The van der Waals surface area contributed by atoms with E-state index in [9.17, 15) is 5.11 Å². The Bertz CT molecular complexity index is 896. The summed E-state index contributed by atoms with van der Waals surface area (Å²) < 4.78 is 2.14. The van der Waals surface area contributed by atoms with Crippen LogP contribution in [-0.4, -0.2) is 50.6 Å². The molecule has 1 aliphatic rings. The molecule has 0 atom stereocenters. The molecule has 0 spiro atoms. The van der Waals surface area contributed by atoms with Gasteiger partial charge in [-0.2, -0.15) is 0 Å². The molecule has 25 heavy (non-hydrogen) atoms. The minimum atomic E-state index is 0.356. The molecular formula is C19H23N5O. The van der Waals surface area contributed by atoms with Crippen molar-refractivity contribution in [3.8, 4) is 5.75 Å². The van der Waals surface area contributed by atoms with Crippen LogP contribution in [0.15, 0.2) is 36.5 Å². The van der Waals surface area contributed by atoms with Crippen molar-refractivity contribution < 1.29 is 5.11 Å². The minimum absolute atomic E-state index is 0.356. The van der Waals surface area contributed by atoms with Crippen LogP contribution >= 0.6 is 0 Å². The Kier molecular flexibility index (Phi) is 4.05. The number of aryl methyl sites for hydroxylation is 2. The number of piperazine rings is 1. The van der Waals surface area contributed by atoms with Crippen LogP contribution in [0.5, 0.6) is 5.75 Å². The number of aromatic nitrogens is 3. The van der Waals surface area contributed by atoms with Crippen LogP contribution in [-0.2, 0) is 6.54 Å². The average Bonchev–Trinajstić information content (AvgIpc) is 2.99. The molecule has 4 rings (SSSR count). The molecule has 3 heterocycles. The highest BCUT2D eigenvalue weighted by atomic mass is 16.3. The van der Waals surface area contributed by atoms with Crippen LogP contribution in [0.25, 0.3) is 5.78 Å². The summed E-state index contributed by atoms with van der Waals surface area (Å²) in [6, 6.07) is 9.65. The molecule has 2 aromatic heterocycles. The number of fused-ring (bicyclic) bond motifs is 1. The molecule has 0 radical (unpaired) electrons. The van der Waals surface area contributed by atoms with Gasteiger partial charge in [0, 0.05) is 44.1 Å². The lowest BCUT2D eigenvalue weighted by Gasteiger charge is -2.36. The van der Waals surface area contributed by atoms with E-state index >= 15 is 0 Å². The van der Waals surface area contributed by atoms with Crippen LogP contribution in [0.3, 0.4) is 0 Å². The topological polar surface area (TPSA) is 56.9 Å². The molecule has 1 fully saturated rings. The van der Waals surface area contributed by atoms with E-state index in [1.165, 1.54) is 11.4 Å². The zero-order chi connectivity index (χ0) is 17.4. The van der Waals surface area contributed by atoms with Crippen LogP contribution in [0.2, 0.25) is 0 Å². The second-order valence-corrected chi connectivity index (χ2v) is 6.68. The van der Waals surface area contributed by atoms with E-state index in [0.29, 0.717) is 5.75 Å². The lowest BCUT2D eigenvalue weighted by Crippen LogP contribution is -2.46. The van der Waals surface area contributed by atoms with Gasteiger partial charge in [-0.05, 0) is 32.0 Å². The average molecular weight is 337 g/mol. The summed E-state index contributed by atoms with van der Waals surface area (Å²) in [5, 5.41) is 10.0. The maximum Gasteiger partial charge on any atom is 0.234 e. The molecular weight excluding hydrogens is 314 g/mol. The zero-order valence-electron chi connectivity index (χ0n) is 14.7. The van der Waals surface area contributed by atoms with Crippen LogP contribution in [0.4, 0.5) is 5.69 Å². The number of anilines is 1. The third kappa shape index (κ3) is 3.05. The van der Waals surface area contributed by atoms with E-state index in [2.05, 4.69) is 37.2 Å². The maximum absolute atomic E-state index is 10.0. The molecule has 0 amide bonds. The molecule has 1 saturated heterocycles. The first-order chi connectivity index (χ1) is 12.1. The molecule has 6 nitrogen and oxygen atoms in total. The summed E-state index contributed by atoms with van der Waals surface area (Å²) in [6.45, 7) is 8.69. The van der Waals surface area contributed by atoms with Gasteiger partial charge in [0.25, 0.3) is 0 Å². The summed E-state index contributed by atoms with van der Waals surface area (Å²) >= 11 is 0. The predicted octanol–water partition coefficient (Wildman–Crippen LogP) is 2.37. The van der Waals surface area contributed by atoms with Gasteiger partial charge in [0.05, 0.1) is 17.6 Å². The SMILES string of the molecule is Cc1cc(C)n2c(CN3CCN(c4ccccc4O)CC3)cnc2n1. The predicted molar refractivity (Wildman–Crippen MR) is 98.1 cm³/mol. The van der Waals surface area contributed by atoms with Crippen molar-refractivity contribution in [3.05, 3.63) is 53.6 Å². The van der Waals surface area contributed by atoms with Gasteiger partial charge < -0.3 is 10.0 Å². The van der Waals surface area contributed by atoms with E-state index in [-0.39, 0.29) is 0 Å². The smallest absolute Gasteiger partial charge is 0.234 e. The minimum Gasteiger partial charge on any atom is -0.506 e. The third-order valence-corrected chi connectivity index (χ3v) is 4.84. The van der Waals surface area contributed by atoms with Gasteiger partial charge in [0.1, 0.15) is 5.75 Å². The normalized spacial score (nSPS) is 15.8. The monoisotopic (exact) mass is 337 g/mol. The Morgan fingerprint density at radius 1 is 1.08 bits per heavy atom. The number of phenols is 1. The maximum atomic E-state index is 10.0. The van der Waals surface area contributed by atoms with Gasteiger partial charge in [-0.25, -0.2) is 9.97 Å². The van der Waals surface area contributed by atoms with Gasteiger partial charge in [-0.3, -0.25) is 9.30 Å². The number of hydrogen-bond donors (Lipinski definition) is 1. The first-order valence-corrected chi connectivity index (χ1v) is 8.68. The standard InChI is InChI=1S/C19H23N5O/c1-14-11-15(2)24-16(12-20-19(24)21-14)13-22-7-9-23(10-8-22)17-5-3-4-6-18(17)25/h3-6,11-12,25H,7-10,13H2,1-2H3. The van der Waals surface area contributed by atoms with Crippen molar-refractivity contribution in [1.82, 2.24) is 19.3 Å². The second kappa shape index (κ2) is 6.37. The van der Waals surface area contributed by atoms with Crippen LogP contribution in [0.1, 0.15) is 17.1 Å². The molecule has 6 heteroatoms. The highest BCUT2D eigenvalue weighted by molar-refractivity contribution is 5.57. The Hall–Kier alpha value is -2.60. The summed E-state index contributed by atoms with van der Waals surface area (Å²) in [4.78, 5) is 13.6. The lowest BCUT2D eigenvalue weighted by atomic mass is 10.2. The Morgan fingerprint density at radius 3 is 2.60 bits per heavy atom. The van der Waals surface area contributed by atoms with E-state index in [1.807, 2.05) is 31.3 Å². The van der Waals surface area contributed by atoms with E-state index in [1.54, 1.807) is 6.07 Å². The molecule has 1 aromatic carbocycles. The van der Waals surface area contributed by atoms with Crippen molar-refractivity contribution in [1.29, 1.82) is 0 Å². The fourth-order valence-electron chi connectivity index (χ4n) is 3.62. The molecule has 0 saturated carbocycles. The highest BCUT2D eigenvalue weighted by Crippen LogP contribution is 2.27. The van der Waals surface area contributed by atoms with Crippen molar-refractivity contribution in [2.75, 3.05) is 31.1 Å². The Labute approximate surface area is 147 Å². The van der Waals surface area contributed by atoms with E-state index < -0.39 is 0 Å². The fraction of sp³-hybridized carbons (Fsp3) is 0.368. The van der Waals surface area contributed by atoms with Crippen molar-refractivity contribution in [2.24, 2.45) is 0 Å². The largest absolute Gasteiger partial charge is 0.506 e. The van der Waals surface area contributed by atoms with Crippen molar-refractivity contribution in [2.45, 2.75) is 20.4 Å². The highest BCUT2D eigenvalue weighted by Gasteiger charge is 2.20. The number of benzene rings is 1. The van der Waals surface area contributed by atoms with Gasteiger partial charge >= 0.3 is 0 Å². The number of hydrogen-bond acceptors (Lipinski definition) is 5. The molecule has 3 aromatic rings. The molecule has 130 valence electrons.